The summed E-state index contributed by atoms with van der Waals surface area (Å²) in [5.41, 5.74) is 3.74. The summed E-state index contributed by atoms with van der Waals surface area (Å²) < 4.78 is 53.2. The minimum atomic E-state index is -0.247. The summed E-state index contributed by atoms with van der Waals surface area (Å²) in [6.07, 6.45) is 17.3. The van der Waals surface area contributed by atoms with E-state index in [4.69, 9.17) is 67.8 Å². The Morgan fingerprint density at radius 3 is 0.690 bits per heavy atom. The van der Waals surface area contributed by atoms with E-state index in [9.17, 15) is 10.2 Å². The lowest BCUT2D eigenvalue weighted by Crippen LogP contribution is -2.05. The number of aromatic nitrogens is 8. The first-order chi connectivity index (χ1) is 41.4. The summed E-state index contributed by atoms with van der Waals surface area (Å²) in [6, 6.07) is 15.2. The highest BCUT2D eigenvalue weighted by Gasteiger charge is 2.32. The molecule has 3 aromatic heterocycles. The van der Waals surface area contributed by atoms with E-state index in [-0.39, 0.29) is 38.1 Å². The molecule has 0 spiro atoms. The number of unbranched alkanes of at least 4 members (excludes halogenated alkanes) is 12. The summed E-state index contributed by atoms with van der Waals surface area (Å²) >= 11 is 0. The van der Waals surface area contributed by atoms with Gasteiger partial charge in [0.2, 0.25) is 0 Å². The van der Waals surface area contributed by atoms with E-state index in [0.717, 1.165) is 116 Å². The Labute approximate surface area is 493 Å². The molecule has 18 heteroatoms. The summed E-state index contributed by atoms with van der Waals surface area (Å²) in [5, 5.41) is 22.9. The molecular formula is C66H86N8O10. The zero-order valence-electron chi connectivity index (χ0n) is 50.3. The van der Waals surface area contributed by atoms with E-state index >= 15 is 0 Å². The van der Waals surface area contributed by atoms with Gasteiger partial charge in [0.25, 0.3) is 0 Å². The molecule has 0 aliphatic carbocycles. The Bertz CT molecular complexity index is 3250. The first-order valence-electron chi connectivity index (χ1n) is 31.1. The van der Waals surface area contributed by atoms with Crippen molar-refractivity contribution in [1.29, 1.82) is 0 Å². The number of nitrogens with one attached hydrogen (secondary N) is 2. The van der Waals surface area contributed by atoms with Crippen LogP contribution in [0.15, 0.2) is 48.5 Å². The van der Waals surface area contributed by atoms with Crippen molar-refractivity contribution in [3.05, 3.63) is 48.5 Å². The van der Waals surface area contributed by atoms with Crippen molar-refractivity contribution in [3.8, 4) is 91.5 Å². The maximum atomic E-state index is 10.2. The fourth-order valence-electron chi connectivity index (χ4n) is 10.5. The number of fused-ring (bicyclic) bond motifs is 20. The average Bonchev–Trinajstić information content (AvgIpc) is 4.37. The molecule has 4 aromatic carbocycles. The predicted octanol–water partition coefficient (Wildman–Crippen LogP) is 15.0. The number of benzene rings is 4. The van der Waals surface area contributed by atoms with Crippen LogP contribution in [-0.2, 0) is 0 Å². The standard InChI is InChI=1S/C66H86N8O10/c1-7-13-19-35-77-43-25-26-44(78-36-20-14-8-2)52-51(43)59-67-60(52)69-62-54-46(80-38-22-16-10-4)28-30-48(82-40-24-18-12-6)56(54)64(71-62)73-66-58-50(84-42-34-76)32-31-49(83-41-33-75)57(58)65(74-66)72-63-55-47(81-39-23-17-11-5)29-27-45(79-37-21-15-9-3)53(55)61(68-59)70-63/h25-32,75-76H,7-24,33-42H2,1-6H3,(H2,67,68,69,70,71,72,73,74). The van der Waals surface area contributed by atoms with Gasteiger partial charge in [-0.05, 0) is 87.1 Å². The number of ether oxygens (including phenoxy) is 8. The van der Waals surface area contributed by atoms with Gasteiger partial charge in [-0.25, -0.2) is 29.9 Å². The molecule has 0 unspecified atom stereocenters. The van der Waals surface area contributed by atoms with E-state index in [0.29, 0.717) is 164 Å². The van der Waals surface area contributed by atoms with Gasteiger partial charge in [-0.3, -0.25) is 0 Å². The van der Waals surface area contributed by atoms with Crippen LogP contribution in [0.4, 0.5) is 0 Å². The molecule has 450 valence electrons. The lowest BCUT2D eigenvalue weighted by Gasteiger charge is -2.15. The molecule has 0 saturated heterocycles. The molecule has 2 aliphatic heterocycles. The molecule has 0 radical (unpaired) electrons. The highest BCUT2D eigenvalue weighted by atomic mass is 16.5. The molecule has 0 saturated carbocycles. The smallest absolute Gasteiger partial charge is 0.168 e. The first-order valence-corrected chi connectivity index (χ1v) is 31.1. The van der Waals surface area contributed by atoms with E-state index in [1.54, 1.807) is 12.1 Å². The molecule has 0 atom stereocenters. The monoisotopic (exact) mass is 1150 g/mol. The largest absolute Gasteiger partial charge is 0.493 e. The predicted molar refractivity (Wildman–Crippen MR) is 331 cm³/mol. The third-order valence-corrected chi connectivity index (χ3v) is 14.9. The Morgan fingerprint density at radius 2 is 0.476 bits per heavy atom. The number of rotatable bonds is 36. The number of aromatic amines is 2. The molecule has 7 aromatic rings. The van der Waals surface area contributed by atoms with Gasteiger partial charge in [0, 0.05) is 0 Å². The van der Waals surface area contributed by atoms with Gasteiger partial charge < -0.3 is 58.1 Å². The van der Waals surface area contributed by atoms with Gasteiger partial charge in [0.15, 0.2) is 23.3 Å². The highest BCUT2D eigenvalue weighted by molar-refractivity contribution is 6.13. The van der Waals surface area contributed by atoms with Gasteiger partial charge >= 0.3 is 0 Å². The van der Waals surface area contributed by atoms with Crippen LogP contribution in [0.5, 0.6) is 46.0 Å². The Hall–Kier alpha value is -7.44. The van der Waals surface area contributed by atoms with Crippen LogP contribution in [0.2, 0.25) is 0 Å². The van der Waals surface area contributed by atoms with Crippen LogP contribution < -0.4 is 37.9 Å². The van der Waals surface area contributed by atoms with E-state index in [1.165, 1.54) is 0 Å². The van der Waals surface area contributed by atoms with Crippen LogP contribution in [0.25, 0.3) is 89.7 Å². The van der Waals surface area contributed by atoms with Gasteiger partial charge in [-0.1, -0.05) is 119 Å². The first kappa shape index (κ1) is 61.1. The molecular weight excluding hydrogens is 1060 g/mol. The Morgan fingerprint density at radius 1 is 0.274 bits per heavy atom. The molecule has 8 bridgehead atoms. The van der Waals surface area contributed by atoms with Gasteiger partial charge in [-0.2, -0.15) is 0 Å². The maximum Gasteiger partial charge on any atom is 0.168 e. The van der Waals surface area contributed by atoms with Crippen molar-refractivity contribution in [2.45, 2.75) is 157 Å². The van der Waals surface area contributed by atoms with Crippen molar-refractivity contribution in [1.82, 2.24) is 39.9 Å². The topological polar surface area (TPSA) is 223 Å². The van der Waals surface area contributed by atoms with Crippen LogP contribution in [-0.4, -0.2) is 116 Å². The number of hydrogen-bond acceptors (Lipinski definition) is 16. The fourth-order valence-corrected chi connectivity index (χ4v) is 10.5. The minimum absolute atomic E-state index is 0.0178. The SMILES string of the molecule is CCCCCOc1ccc(OCCCCC)c2c1-c1nc-2nc2[nH]c(nc3nc(nc4[nH]c(n1)c1c(OCCCCC)ccc(OCCCCC)c41)-c1c(OCCO)ccc(OCCO)c1-3)c1c(OCCCCC)ccc(OCCCCC)c21. The zero-order chi connectivity index (χ0) is 58.6. The quantitative estimate of drug-likeness (QED) is 0.0268. The normalized spacial score (nSPS) is 11.7. The number of hydrogen-bond donors (Lipinski definition) is 4. The van der Waals surface area contributed by atoms with E-state index in [1.807, 2.05) is 36.4 Å². The van der Waals surface area contributed by atoms with Crippen molar-refractivity contribution in [2.75, 3.05) is 66.1 Å². The number of H-pyrrole nitrogens is 2. The molecule has 0 fully saturated rings. The Balaban J connectivity index is 1.49. The van der Waals surface area contributed by atoms with Gasteiger partial charge in [0.05, 0.1) is 96.7 Å². The van der Waals surface area contributed by atoms with Crippen LogP contribution in [0.3, 0.4) is 0 Å². The maximum absolute atomic E-state index is 10.2. The number of aliphatic hydroxyl groups excluding tert-OH is 2. The molecule has 2 aliphatic rings. The Kier molecular flexibility index (Phi) is 22.5. The molecule has 4 N–H and O–H groups in total. The van der Waals surface area contributed by atoms with Gasteiger partial charge in [0.1, 0.15) is 81.8 Å². The lowest BCUT2D eigenvalue weighted by atomic mass is 10.1. The molecule has 5 heterocycles. The second-order valence-electron chi connectivity index (χ2n) is 21.3. The lowest BCUT2D eigenvalue weighted by molar-refractivity contribution is 0.199. The second kappa shape index (κ2) is 30.9. The fraction of sp³-hybridized carbons (Fsp3) is 0.515. The molecule has 0 amide bonds. The van der Waals surface area contributed by atoms with Crippen LogP contribution in [0, 0.1) is 0 Å². The average molecular weight is 1150 g/mol. The zero-order valence-corrected chi connectivity index (χ0v) is 50.3. The van der Waals surface area contributed by atoms with Crippen molar-refractivity contribution in [2.24, 2.45) is 0 Å². The van der Waals surface area contributed by atoms with Crippen LogP contribution >= 0.6 is 0 Å². The summed E-state index contributed by atoms with van der Waals surface area (Å²) in [7, 11) is 0. The number of aliphatic hydroxyl groups is 2. The van der Waals surface area contributed by atoms with Crippen molar-refractivity contribution < 1.29 is 48.1 Å². The van der Waals surface area contributed by atoms with Crippen molar-refractivity contribution in [3.63, 3.8) is 0 Å². The summed E-state index contributed by atoms with van der Waals surface area (Å²) in [5.74, 6) is 5.38. The molecule has 84 heavy (non-hydrogen) atoms. The highest BCUT2D eigenvalue weighted by Crippen LogP contribution is 2.50. The van der Waals surface area contributed by atoms with Crippen molar-refractivity contribution >= 4 is 44.1 Å². The van der Waals surface area contributed by atoms with Crippen LogP contribution in [0.1, 0.15) is 157 Å². The molecule has 9 rings (SSSR count). The number of nitrogens with zero attached hydrogens (tertiary/aromatic N) is 6. The minimum Gasteiger partial charge on any atom is -0.493 e. The second-order valence-corrected chi connectivity index (χ2v) is 21.3. The van der Waals surface area contributed by atoms with E-state index in [2.05, 4.69) is 51.5 Å². The third-order valence-electron chi connectivity index (χ3n) is 14.9. The molecule has 18 nitrogen and oxygen atoms in total. The summed E-state index contributed by atoms with van der Waals surface area (Å²) in [6.45, 7) is 15.3. The van der Waals surface area contributed by atoms with E-state index < -0.39 is 0 Å². The van der Waals surface area contributed by atoms with Gasteiger partial charge in [-0.15, -0.1) is 0 Å². The summed E-state index contributed by atoms with van der Waals surface area (Å²) in [4.78, 5) is 40.1. The third kappa shape index (κ3) is 14.2.